The Morgan fingerprint density at radius 3 is 2.14 bits per heavy atom. The summed E-state index contributed by atoms with van der Waals surface area (Å²) in [6, 6.07) is 4.34. The van der Waals surface area contributed by atoms with Crippen LogP contribution < -0.4 is 4.90 Å². The maximum Gasteiger partial charge on any atom is 0.171 e. The van der Waals surface area contributed by atoms with Gasteiger partial charge in [0.2, 0.25) is 0 Å². The topological polar surface area (TPSA) is 41.4 Å². The van der Waals surface area contributed by atoms with Gasteiger partial charge in [0, 0.05) is 42.2 Å². The highest BCUT2D eigenvalue weighted by molar-refractivity contribution is 9.10. The lowest BCUT2D eigenvalue weighted by atomic mass is 10.3. The molecule has 0 aliphatic carbocycles. The minimum absolute atomic E-state index is 0.606. The second-order valence-electron chi connectivity index (χ2n) is 9.01. The van der Waals surface area contributed by atoms with Crippen LogP contribution >= 0.6 is 15.9 Å². The summed E-state index contributed by atoms with van der Waals surface area (Å²) in [6.45, 7) is 17.7. The average molecular weight is 478 g/mol. The fourth-order valence-corrected chi connectivity index (χ4v) is 12.8. The fraction of sp³-hybridized carbons (Fsp3) is 0.591. The highest BCUT2D eigenvalue weighted by Crippen LogP contribution is 2.45. The van der Waals surface area contributed by atoms with Crippen LogP contribution in [0, 0.1) is 0 Å². The van der Waals surface area contributed by atoms with Gasteiger partial charge in [0.25, 0.3) is 0 Å². The van der Waals surface area contributed by atoms with Crippen molar-refractivity contribution in [2.75, 3.05) is 31.1 Å². The SMILES string of the molecule is CC(C)[Si](C(C)C)(C(C)C)n1cc(Br)c2ccc(N3CCN(C=C=O)CC3)nc21. The van der Waals surface area contributed by atoms with Crippen LogP contribution in [0.3, 0.4) is 0 Å². The Bertz CT molecular complexity index is 887. The summed E-state index contributed by atoms with van der Waals surface area (Å²) in [6.07, 6.45) is 3.81. The van der Waals surface area contributed by atoms with Crippen molar-refractivity contribution in [1.82, 2.24) is 14.1 Å². The van der Waals surface area contributed by atoms with E-state index in [0.29, 0.717) is 16.6 Å². The van der Waals surface area contributed by atoms with E-state index in [4.69, 9.17) is 4.98 Å². The number of pyridine rings is 1. The first-order valence-electron chi connectivity index (χ1n) is 10.6. The fourth-order valence-electron chi connectivity index (χ4n) is 5.51. The van der Waals surface area contributed by atoms with Crippen molar-refractivity contribution in [2.24, 2.45) is 0 Å². The van der Waals surface area contributed by atoms with E-state index in [9.17, 15) is 4.79 Å². The van der Waals surface area contributed by atoms with Crippen LogP contribution in [-0.2, 0) is 4.79 Å². The Morgan fingerprint density at radius 1 is 1.03 bits per heavy atom. The normalized spacial score (nSPS) is 15.7. The van der Waals surface area contributed by atoms with Gasteiger partial charge in [0.05, 0.1) is 6.20 Å². The first kappa shape index (κ1) is 22.1. The molecule has 2 aromatic rings. The minimum Gasteiger partial charge on any atom is -0.365 e. The standard InChI is InChI=1S/C22H33BrN4OSi/c1-16(2)29(17(3)4,18(5)6)27-15-20(23)19-7-8-21(24-22(19)27)26-11-9-25(10-12-26)13-14-28/h7-8,13,15-18H,9-12H2,1-6H3. The Kier molecular flexibility index (Phi) is 6.61. The number of aromatic nitrogens is 2. The Labute approximate surface area is 184 Å². The molecule has 0 radical (unpaired) electrons. The van der Waals surface area contributed by atoms with Gasteiger partial charge in [0.15, 0.2) is 8.24 Å². The molecule has 1 aliphatic heterocycles. The Hall–Kier alpha value is -1.56. The minimum atomic E-state index is -1.89. The molecule has 29 heavy (non-hydrogen) atoms. The molecule has 5 nitrogen and oxygen atoms in total. The predicted octanol–water partition coefficient (Wildman–Crippen LogP) is 5.29. The number of nitrogens with zero attached hydrogens (tertiary/aromatic N) is 4. The molecule has 0 spiro atoms. The van der Waals surface area contributed by atoms with Gasteiger partial charge < -0.3 is 14.0 Å². The van der Waals surface area contributed by atoms with Crippen molar-refractivity contribution in [2.45, 2.75) is 58.2 Å². The lowest BCUT2D eigenvalue weighted by Crippen LogP contribution is -2.51. The Morgan fingerprint density at radius 2 is 1.62 bits per heavy atom. The molecule has 7 heteroatoms. The molecule has 2 aromatic heterocycles. The van der Waals surface area contributed by atoms with Crippen molar-refractivity contribution in [3.63, 3.8) is 0 Å². The largest absolute Gasteiger partial charge is 0.365 e. The van der Waals surface area contributed by atoms with Gasteiger partial charge in [-0.25, -0.2) is 9.78 Å². The molecule has 0 atom stereocenters. The number of fused-ring (bicyclic) bond motifs is 1. The molecule has 3 rings (SSSR count). The van der Waals surface area contributed by atoms with Gasteiger partial charge in [-0.3, -0.25) is 0 Å². The second-order valence-corrected chi connectivity index (χ2v) is 15.6. The first-order chi connectivity index (χ1) is 13.7. The summed E-state index contributed by atoms with van der Waals surface area (Å²) < 4.78 is 3.70. The van der Waals surface area contributed by atoms with Crippen LogP contribution in [0.15, 0.2) is 29.0 Å². The summed E-state index contributed by atoms with van der Waals surface area (Å²) in [5.74, 6) is 2.91. The maximum atomic E-state index is 10.6. The summed E-state index contributed by atoms with van der Waals surface area (Å²) in [5.41, 5.74) is 2.92. The lowest BCUT2D eigenvalue weighted by Gasteiger charge is -2.44. The lowest BCUT2D eigenvalue weighted by molar-refractivity contribution is 0.349. The van der Waals surface area contributed by atoms with E-state index < -0.39 is 8.24 Å². The predicted molar refractivity (Wildman–Crippen MR) is 128 cm³/mol. The number of rotatable bonds is 6. The van der Waals surface area contributed by atoms with E-state index in [0.717, 1.165) is 42.1 Å². The number of hydrogen-bond donors (Lipinski definition) is 0. The zero-order valence-corrected chi connectivity index (χ0v) is 21.0. The molecule has 1 saturated heterocycles. The highest BCUT2D eigenvalue weighted by atomic mass is 79.9. The molecular formula is C22H33BrN4OSi. The smallest absolute Gasteiger partial charge is 0.171 e. The van der Waals surface area contributed by atoms with E-state index in [1.54, 1.807) is 0 Å². The number of hydrogen-bond acceptors (Lipinski definition) is 4. The second kappa shape index (κ2) is 8.66. The zero-order chi connectivity index (χ0) is 21.3. The quantitative estimate of drug-likeness (QED) is 0.419. The van der Waals surface area contributed by atoms with Crippen LogP contribution in [0.2, 0.25) is 16.6 Å². The van der Waals surface area contributed by atoms with Gasteiger partial charge in [-0.05, 0) is 44.7 Å². The van der Waals surface area contributed by atoms with Crippen LogP contribution in [0.1, 0.15) is 41.5 Å². The molecular weight excluding hydrogens is 444 g/mol. The van der Waals surface area contributed by atoms with Crippen molar-refractivity contribution in [1.29, 1.82) is 0 Å². The van der Waals surface area contributed by atoms with Crippen LogP contribution in [0.25, 0.3) is 11.0 Å². The van der Waals surface area contributed by atoms with Crippen molar-refractivity contribution in [3.05, 3.63) is 29.0 Å². The third-order valence-electron chi connectivity index (χ3n) is 6.65. The van der Waals surface area contributed by atoms with Gasteiger partial charge in [-0.15, -0.1) is 0 Å². The van der Waals surface area contributed by atoms with E-state index in [2.05, 4.69) is 84.9 Å². The molecule has 0 aromatic carbocycles. The van der Waals surface area contributed by atoms with E-state index in [1.165, 1.54) is 11.6 Å². The van der Waals surface area contributed by atoms with Gasteiger partial charge in [0.1, 0.15) is 17.4 Å². The molecule has 0 unspecified atom stereocenters. The average Bonchev–Trinajstić information content (AvgIpc) is 2.98. The number of anilines is 1. The van der Waals surface area contributed by atoms with Gasteiger partial charge in [-0.2, -0.15) is 0 Å². The van der Waals surface area contributed by atoms with Gasteiger partial charge in [-0.1, -0.05) is 41.5 Å². The van der Waals surface area contributed by atoms with Crippen molar-refractivity contribution >= 4 is 47.0 Å². The first-order valence-corrected chi connectivity index (χ1v) is 13.6. The number of halogens is 1. The maximum absolute atomic E-state index is 10.6. The van der Waals surface area contributed by atoms with Crippen LogP contribution in [0.4, 0.5) is 5.82 Å². The van der Waals surface area contributed by atoms with Crippen molar-refractivity contribution in [3.8, 4) is 0 Å². The Balaban J connectivity index is 2.08. The third-order valence-corrected chi connectivity index (χ3v) is 14.0. The molecule has 0 saturated carbocycles. The monoisotopic (exact) mass is 476 g/mol. The van der Waals surface area contributed by atoms with E-state index >= 15 is 0 Å². The van der Waals surface area contributed by atoms with E-state index in [-0.39, 0.29) is 0 Å². The molecule has 0 N–H and O–H groups in total. The highest BCUT2D eigenvalue weighted by Gasteiger charge is 2.46. The van der Waals surface area contributed by atoms with Crippen LogP contribution in [0.5, 0.6) is 0 Å². The molecule has 1 aliphatic rings. The number of carbonyl (C=O) groups excluding carboxylic acids is 1. The number of piperazine rings is 1. The molecule has 0 amide bonds. The van der Waals surface area contributed by atoms with E-state index in [1.807, 2.05) is 10.8 Å². The summed E-state index contributed by atoms with van der Waals surface area (Å²) in [7, 11) is -1.89. The van der Waals surface area contributed by atoms with Gasteiger partial charge >= 0.3 is 0 Å². The molecule has 1 fully saturated rings. The zero-order valence-electron chi connectivity index (χ0n) is 18.4. The van der Waals surface area contributed by atoms with Crippen LogP contribution in [-0.4, -0.2) is 54.5 Å². The molecule has 158 valence electrons. The summed E-state index contributed by atoms with van der Waals surface area (Å²) in [4.78, 5) is 20.2. The van der Waals surface area contributed by atoms with Crippen molar-refractivity contribution < 1.29 is 4.79 Å². The third kappa shape index (κ3) is 3.80. The molecule has 0 bridgehead atoms. The summed E-state index contributed by atoms with van der Waals surface area (Å²) in [5, 5.41) is 1.19. The molecule has 3 heterocycles. The summed E-state index contributed by atoms with van der Waals surface area (Å²) >= 11 is 3.80.